The topological polar surface area (TPSA) is 44.4 Å². The molecule has 0 spiro atoms. The van der Waals surface area contributed by atoms with Crippen molar-refractivity contribution in [3.8, 4) is 0 Å². The van der Waals surface area contributed by atoms with Crippen LogP contribution in [0.5, 0.6) is 0 Å². The first-order valence-electron chi connectivity index (χ1n) is 7.36. The maximum absolute atomic E-state index is 10.9. The number of piperidine rings is 2. The third kappa shape index (κ3) is 3.69. The summed E-state index contributed by atoms with van der Waals surface area (Å²) in [7, 11) is 0. The van der Waals surface area contributed by atoms with Crippen molar-refractivity contribution in [2.75, 3.05) is 32.7 Å². The van der Waals surface area contributed by atoms with Crippen LogP contribution in [0, 0.1) is 11.8 Å². The molecule has 0 radical (unpaired) electrons. The fraction of sp³-hybridized carbons (Fsp3) is 0.929. The molecule has 2 atom stereocenters. The summed E-state index contributed by atoms with van der Waals surface area (Å²) >= 11 is 0. The van der Waals surface area contributed by atoms with Crippen molar-refractivity contribution in [1.82, 2.24) is 15.5 Å². The summed E-state index contributed by atoms with van der Waals surface area (Å²) in [6.07, 6.45) is 3.76. The molecule has 2 fully saturated rings. The standard InChI is InChI=1S/C14H27N3O/c1-11-9-15-6-3-14(11)17-7-4-13(5-8-17)10-16-12(2)18/h11,13-15H,3-10H2,1-2H3,(H,16,18). The minimum Gasteiger partial charge on any atom is -0.356 e. The lowest BCUT2D eigenvalue weighted by molar-refractivity contribution is -0.119. The van der Waals surface area contributed by atoms with Crippen LogP contribution in [-0.4, -0.2) is 49.6 Å². The Morgan fingerprint density at radius 3 is 2.67 bits per heavy atom. The quantitative estimate of drug-likeness (QED) is 0.783. The highest BCUT2D eigenvalue weighted by molar-refractivity contribution is 5.72. The highest BCUT2D eigenvalue weighted by Gasteiger charge is 2.29. The molecule has 1 amide bonds. The Balaban J connectivity index is 1.74. The van der Waals surface area contributed by atoms with Gasteiger partial charge in [-0.3, -0.25) is 4.79 Å². The van der Waals surface area contributed by atoms with E-state index in [1.54, 1.807) is 6.92 Å². The molecule has 2 rings (SSSR count). The van der Waals surface area contributed by atoms with Gasteiger partial charge >= 0.3 is 0 Å². The van der Waals surface area contributed by atoms with Gasteiger partial charge in [0.05, 0.1) is 0 Å². The summed E-state index contributed by atoms with van der Waals surface area (Å²) in [6.45, 7) is 9.58. The van der Waals surface area contributed by atoms with Crippen LogP contribution in [0.3, 0.4) is 0 Å². The summed E-state index contributed by atoms with van der Waals surface area (Å²) in [6, 6.07) is 0.771. The summed E-state index contributed by atoms with van der Waals surface area (Å²) in [5.74, 6) is 1.55. The monoisotopic (exact) mass is 253 g/mol. The number of amides is 1. The maximum atomic E-state index is 10.9. The van der Waals surface area contributed by atoms with Crippen LogP contribution in [0.15, 0.2) is 0 Å². The molecule has 2 saturated heterocycles. The zero-order chi connectivity index (χ0) is 13.0. The van der Waals surface area contributed by atoms with E-state index in [2.05, 4.69) is 22.5 Å². The fourth-order valence-corrected chi connectivity index (χ4v) is 3.32. The van der Waals surface area contributed by atoms with Crippen molar-refractivity contribution < 1.29 is 4.79 Å². The molecule has 0 saturated carbocycles. The van der Waals surface area contributed by atoms with E-state index in [1.165, 1.54) is 38.9 Å². The smallest absolute Gasteiger partial charge is 0.216 e. The number of carbonyl (C=O) groups excluding carboxylic acids is 1. The third-order valence-electron chi connectivity index (χ3n) is 4.50. The average molecular weight is 253 g/mol. The lowest BCUT2D eigenvalue weighted by Gasteiger charge is -2.42. The highest BCUT2D eigenvalue weighted by atomic mass is 16.1. The predicted octanol–water partition coefficient (Wildman–Crippen LogP) is 0.833. The Kier molecular flexibility index (Phi) is 5.01. The van der Waals surface area contributed by atoms with Gasteiger partial charge in [-0.2, -0.15) is 0 Å². The second kappa shape index (κ2) is 6.53. The zero-order valence-corrected chi connectivity index (χ0v) is 11.7. The number of nitrogens with one attached hydrogen (secondary N) is 2. The van der Waals surface area contributed by atoms with Gasteiger partial charge in [0, 0.05) is 19.5 Å². The molecule has 2 aliphatic heterocycles. The Bertz CT molecular complexity index is 274. The van der Waals surface area contributed by atoms with E-state index in [0.717, 1.165) is 25.0 Å². The molecular formula is C14H27N3O. The van der Waals surface area contributed by atoms with Gasteiger partial charge in [-0.25, -0.2) is 0 Å². The molecule has 0 aromatic heterocycles. The lowest BCUT2D eigenvalue weighted by atomic mass is 9.89. The van der Waals surface area contributed by atoms with Crippen LogP contribution >= 0.6 is 0 Å². The molecule has 0 aliphatic carbocycles. The molecule has 2 N–H and O–H groups in total. The molecule has 0 aromatic rings. The minimum absolute atomic E-state index is 0.101. The fourth-order valence-electron chi connectivity index (χ4n) is 3.32. The summed E-state index contributed by atoms with van der Waals surface area (Å²) in [5.41, 5.74) is 0. The Morgan fingerprint density at radius 1 is 1.33 bits per heavy atom. The SMILES string of the molecule is CC(=O)NCC1CCN(C2CCNCC2C)CC1. The van der Waals surface area contributed by atoms with Gasteiger partial charge in [0.15, 0.2) is 0 Å². The Morgan fingerprint density at radius 2 is 2.06 bits per heavy atom. The predicted molar refractivity (Wildman–Crippen MR) is 73.4 cm³/mol. The molecule has 2 heterocycles. The van der Waals surface area contributed by atoms with Crippen molar-refractivity contribution in [2.24, 2.45) is 11.8 Å². The van der Waals surface area contributed by atoms with Gasteiger partial charge in [-0.05, 0) is 57.3 Å². The van der Waals surface area contributed by atoms with Crippen LogP contribution in [0.1, 0.15) is 33.1 Å². The van der Waals surface area contributed by atoms with Gasteiger partial charge in [0.1, 0.15) is 0 Å². The maximum Gasteiger partial charge on any atom is 0.216 e. The zero-order valence-electron chi connectivity index (χ0n) is 11.7. The van der Waals surface area contributed by atoms with Gasteiger partial charge in [-0.15, -0.1) is 0 Å². The first kappa shape index (κ1) is 13.8. The van der Waals surface area contributed by atoms with Crippen molar-refractivity contribution >= 4 is 5.91 Å². The van der Waals surface area contributed by atoms with E-state index in [1.807, 2.05) is 0 Å². The number of carbonyl (C=O) groups is 1. The van der Waals surface area contributed by atoms with Crippen LogP contribution in [0.4, 0.5) is 0 Å². The van der Waals surface area contributed by atoms with Gasteiger partial charge in [-0.1, -0.05) is 6.92 Å². The molecule has 4 nitrogen and oxygen atoms in total. The third-order valence-corrected chi connectivity index (χ3v) is 4.50. The molecule has 104 valence electrons. The molecular weight excluding hydrogens is 226 g/mol. The number of likely N-dealkylation sites (tertiary alicyclic amines) is 1. The molecule has 2 aliphatic rings. The van der Waals surface area contributed by atoms with Crippen LogP contribution in [0.2, 0.25) is 0 Å². The summed E-state index contributed by atoms with van der Waals surface area (Å²) in [4.78, 5) is 13.6. The highest BCUT2D eigenvalue weighted by Crippen LogP contribution is 2.24. The van der Waals surface area contributed by atoms with Crippen molar-refractivity contribution in [1.29, 1.82) is 0 Å². The van der Waals surface area contributed by atoms with Crippen molar-refractivity contribution in [3.05, 3.63) is 0 Å². The van der Waals surface area contributed by atoms with E-state index in [4.69, 9.17) is 0 Å². The summed E-state index contributed by atoms with van der Waals surface area (Å²) in [5, 5.41) is 6.42. The van der Waals surface area contributed by atoms with Crippen LogP contribution < -0.4 is 10.6 Å². The van der Waals surface area contributed by atoms with Gasteiger partial charge < -0.3 is 15.5 Å². The number of rotatable bonds is 3. The largest absolute Gasteiger partial charge is 0.356 e. The Labute approximate surface area is 110 Å². The Hall–Kier alpha value is -0.610. The number of hydrogen-bond donors (Lipinski definition) is 2. The molecule has 0 bridgehead atoms. The average Bonchev–Trinajstić information content (AvgIpc) is 2.38. The van der Waals surface area contributed by atoms with E-state index in [-0.39, 0.29) is 5.91 Å². The lowest BCUT2D eigenvalue weighted by Crippen LogP contribution is -2.51. The van der Waals surface area contributed by atoms with E-state index < -0.39 is 0 Å². The second-order valence-corrected chi connectivity index (χ2v) is 5.95. The van der Waals surface area contributed by atoms with E-state index in [0.29, 0.717) is 5.92 Å². The number of nitrogens with zero attached hydrogens (tertiary/aromatic N) is 1. The minimum atomic E-state index is 0.101. The summed E-state index contributed by atoms with van der Waals surface area (Å²) < 4.78 is 0. The van der Waals surface area contributed by atoms with Crippen molar-refractivity contribution in [2.45, 2.75) is 39.2 Å². The molecule has 18 heavy (non-hydrogen) atoms. The molecule has 2 unspecified atom stereocenters. The van der Waals surface area contributed by atoms with E-state index in [9.17, 15) is 4.79 Å². The first-order chi connectivity index (χ1) is 8.66. The second-order valence-electron chi connectivity index (χ2n) is 5.95. The number of hydrogen-bond acceptors (Lipinski definition) is 3. The van der Waals surface area contributed by atoms with Crippen molar-refractivity contribution in [3.63, 3.8) is 0 Å². The molecule has 0 aromatic carbocycles. The van der Waals surface area contributed by atoms with Gasteiger partial charge in [0.25, 0.3) is 0 Å². The van der Waals surface area contributed by atoms with Crippen LogP contribution in [0.25, 0.3) is 0 Å². The van der Waals surface area contributed by atoms with Gasteiger partial charge in [0.2, 0.25) is 5.91 Å². The first-order valence-corrected chi connectivity index (χ1v) is 7.36. The van der Waals surface area contributed by atoms with E-state index >= 15 is 0 Å². The normalized spacial score (nSPS) is 31.2. The van der Waals surface area contributed by atoms with Crippen LogP contribution in [-0.2, 0) is 4.79 Å². The molecule has 4 heteroatoms.